The third-order valence-corrected chi connectivity index (χ3v) is 2.13. The summed E-state index contributed by atoms with van der Waals surface area (Å²) in [5, 5.41) is 16.5. The molecule has 0 saturated heterocycles. The van der Waals surface area contributed by atoms with Crippen LogP contribution in [0.2, 0.25) is 0 Å². The van der Waals surface area contributed by atoms with E-state index >= 15 is 0 Å². The molecular formula is C10H12Br2O4. The van der Waals surface area contributed by atoms with Gasteiger partial charge in [0.2, 0.25) is 0 Å². The van der Waals surface area contributed by atoms with Gasteiger partial charge in [-0.15, -0.1) is 0 Å². The molecule has 90 valence electrons. The van der Waals surface area contributed by atoms with Crippen LogP contribution in [-0.4, -0.2) is 33.5 Å². The fourth-order valence-corrected chi connectivity index (χ4v) is 1.23. The van der Waals surface area contributed by atoms with E-state index in [0.717, 1.165) is 0 Å². The Hall–Kier alpha value is -0.300. The fourth-order valence-electron chi connectivity index (χ4n) is 0.962. The number of rotatable bonds is 6. The largest absolute Gasteiger partial charge is 0.490 e. The van der Waals surface area contributed by atoms with E-state index in [0.29, 0.717) is 11.5 Å². The zero-order valence-electron chi connectivity index (χ0n) is 8.35. The zero-order chi connectivity index (χ0) is 12.0. The minimum atomic E-state index is -0.674. The van der Waals surface area contributed by atoms with Gasteiger partial charge in [0, 0.05) is 0 Å². The second-order valence-electron chi connectivity index (χ2n) is 2.96. The van der Waals surface area contributed by atoms with Crippen molar-refractivity contribution >= 4 is 31.9 Å². The summed E-state index contributed by atoms with van der Waals surface area (Å²) in [6.07, 6.45) is 0. The Kier molecular flexibility index (Phi) is 6.12. The van der Waals surface area contributed by atoms with Gasteiger partial charge in [0.25, 0.3) is 0 Å². The van der Waals surface area contributed by atoms with Crippen molar-refractivity contribution in [1.29, 1.82) is 0 Å². The van der Waals surface area contributed by atoms with Crippen LogP contribution in [0.4, 0.5) is 0 Å². The molecule has 2 N–H and O–H groups in total. The molecule has 16 heavy (non-hydrogen) atoms. The SMILES string of the molecule is OC(Br)COc1ccc(OCC(O)Br)cc1. The Morgan fingerprint density at radius 1 is 0.875 bits per heavy atom. The number of halogens is 2. The van der Waals surface area contributed by atoms with E-state index in [1.165, 1.54) is 0 Å². The second-order valence-corrected chi connectivity index (χ2v) is 5.08. The first kappa shape index (κ1) is 13.8. The van der Waals surface area contributed by atoms with Crippen LogP contribution in [-0.2, 0) is 0 Å². The van der Waals surface area contributed by atoms with Gasteiger partial charge in [0.05, 0.1) is 0 Å². The lowest BCUT2D eigenvalue weighted by Crippen LogP contribution is -2.10. The molecule has 4 nitrogen and oxygen atoms in total. The third kappa shape index (κ3) is 5.69. The maximum Gasteiger partial charge on any atom is 0.142 e. The summed E-state index contributed by atoms with van der Waals surface area (Å²) in [5.41, 5.74) is 0. The average Bonchev–Trinajstić information content (AvgIpc) is 2.25. The first-order chi connectivity index (χ1) is 7.58. The van der Waals surface area contributed by atoms with Crippen LogP contribution in [0.1, 0.15) is 0 Å². The molecule has 0 radical (unpaired) electrons. The predicted octanol–water partition coefficient (Wildman–Crippen LogP) is 1.87. The quantitative estimate of drug-likeness (QED) is 0.765. The molecule has 1 aromatic carbocycles. The minimum Gasteiger partial charge on any atom is -0.490 e. The Labute approximate surface area is 110 Å². The highest BCUT2D eigenvalue weighted by Crippen LogP contribution is 2.18. The molecule has 0 heterocycles. The van der Waals surface area contributed by atoms with Gasteiger partial charge in [0.1, 0.15) is 34.7 Å². The molecule has 0 bridgehead atoms. The standard InChI is InChI=1S/C10H12Br2O4/c11-9(13)5-15-7-1-2-8(4-3-7)16-6-10(12)14/h1-4,9-10,13-14H,5-6H2. The zero-order valence-corrected chi connectivity index (χ0v) is 11.5. The number of hydrogen-bond donors (Lipinski definition) is 2. The van der Waals surface area contributed by atoms with Crippen molar-refractivity contribution in [3.8, 4) is 11.5 Å². The molecule has 0 aromatic heterocycles. The first-order valence-corrected chi connectivity index (χ1v) is 6.41. The summed E-state index contributed by atoms with van der Waals surface area (Å²) in [4.78, 5) is 0. The maximum absolute atomic E-state index is 8.95. The van der Waals surface area contributed by atoms with Gasteiger partial charge in [-0.2, -0.15) is 0 Å². The van der Waals surface area contributed by atoms with Crippen molar-refractivity contribution in [1.82, 2.24) is 0 Å². The summed E-state index contributed by atoms with van der Waals surface area (Å²) in [6, 6.07) is 6.91. The highest BCUT2D eigenvalue weighted by molar-refractivity contribution is 9.09. The molecule has 0 amide bonds. The maximum atomic E-state index is 8.95. The van der Waals surface area contributed by atoms with Crippen LogP contribution in [0.3, 0.4) is 0 Å². The Balaban J connectivity index is 2.41. The van der Waals surface area contributed by atoms with Crippen molar-refractivity contribution in [2.45, 2.75) is 10.0 Å². The smallest absolute Gasteiger partial charge is 0.142 e. The molecule has 1 rings (SSSR count). The fraction of sp³-hybridized carbons (Fsp3) is 0.400. The van der Waals surface area contributed by atoms with E-state index in [4.69, 9.17) is 19.7 Å². The predicted molar refractivity (Wildman–Crippen MR) is 67.3 cm³/mol. The molecule has 0 aliphatic carbocycles. The minimum absolute atomic E-state index is 0.181. The highest BCUT2D eigenvalue weighted by Gasteiger charge is 2.01. The summed E-state index contributed by atoms with van der Waals surface area (Å²) in [6.45, 7) is 0.362. The van der Waals surface area contributed by atoms with Crippen molar-refractivity contribution in [2.75, 3.05) is 13.2 Å². The first-order valence-electron chi connectivity index (χ1n) is 4.58. The van der Waals surface area contributed by atoms with Gasteiger partial charge in [-0.25, -0.2) is 0 Å². The number of aliphatic hydroxyl groups is 2. The van der Waals surface area contributed by atoms with Gasteiger partial charge in [-0.05, 0) is 24.3 Å². The Morgan fingerprint density at radius 3 is 1.44 bits per heavy atom. The van der Waals surface area contributed by atoms with Crippen LogP contribution in [0.5, 0.6) is 11.5 Å². The lowest BCUT2D eigenvalue weighted by Gasteiger charge is -2.09. The number of hydrogen-bond acceptors (Lipinski definition) is 4. The summed E-state index contributed by atoms with van der Waals surface area (Å²) < 4.78 is 10.5. The van der Waals surface area contributed by atoms with E-state index < -0.39 is 10.0 Å². The van der Waals surface area contributed by atoms with Gasteiger partial charge in [-0.1, -0.05) is 31.9 Å². The molecule has 0 aliphatic heterocycles. The van der Waals surface area contributed by atoms with Crippen LogP contribution < -0.4 is 9.47 Å². The van der Waals surface area contributed by atoms with E-state index in [-0.39, 0.29) is 13.2 Å². The molecular weight excluding hydrogens is 344 g/mol. The molecule has 0 fully saturated rings. The van der Waals surface area contributed by atoms with E-state index in [2.05, 4.69) is 31.9 Å². The molecule has 2 unspecified atom stereocenters. The van der Waals surface area contributed by atoms with Crippen LogP contribution in [0.15, 0.2) is 24.3 Å². The number of benzene rings is 1. The highest BCUT2D eigenvalue weighted by atomic mass is 79.9. The third-order valence-electron chi connectivity index (χ3n) is 1.60. The van der Waals surface area contributed by atoms with Gasteiger partial charge in [-0.3, -0.25) is 0 Å². The second kappa shape index (κ2) is 7.11. The van der Waals surface area contributed by atoms with E-state index in [1.54, 1.807) is 24.3 Å². The van der Waals surface area contributed by atoms with Crippen LogP contribution in [0.25, 0.3) is 0 Å². The molecule has 2 atom stereocenters. The normalized spacial score (nSPS) is 14.2. The molecule has 1 aromatic rings. The molecule has 0 aliphatic rings. The number of alkyl halides is 2. The lowest BCUT2D eigenvalue weighted by atomic mass is 10.3. The van der Waals surface area contributed by atoms with Crippen molar-refractivity contribution < 1.29 is 19.7 Å². The van der Waals surface area contributed by atoms with Crippen molar-refractivity contribution in [3.05, 3.63) is 24.3 Å². The summed E-state index contributed by atoms with van der Waals surface area (Å²) in [5.74, 6) is 1.29. The number of ether oxygens (including phenoxy) is 2. The van der Waals surface area contributed by atoms with Crippen molar-refractivity contribution in [3.63, 3.8) is 0 Å². The van der Waals surface area contributed by atoms with Gasteiger partial charge < -0.3 is 19.7 Å². The topological polar surface area (TPSA) is 58.9 Å². The molecule has 0 saturated carbocycles. The number of aliphatic hydroxyl groups excluding tert-OH is 2. The van der Waals surface area contributed by atoms with Crippen LogP contribution in [0, 0.1) is 0 Å². The summed E-state index contributed by atoms with van der Waals surface area (Å²) in [7, 11) is 0. The Bertz CT molecular complexity index is 269. The summed E-state index contributed by atoms with van der Waals surface area (Å²) >= 11 is 5.92. The van der Waals surface area contributed by atoms with E-state index in [9.17, 15) is 0 Å². The van der Waals surface area contributed by atoms with E-state index in [1.807, 2.05) is 0 Å². The average molecular weight is 356 g/mol. The lowest BCUT2D eigenvalue weighted by molar-refractivity contribution is 0.177. The van der Waals surface area contributed by atoms with Gasteiger partial charge >= 0.3 is 0 Å². The van der Waals surface area contributed by atoms with Crippen LogP contribution >= 0.6 is 31.9 Å². The Morgan fingerprint density at radius 2 is 1.19 bits per heavy atom. The monoisotopic (exact) mass is 354 g/mol. The molecule has 6 heteroatoms. The van der Waals surface area contributed by atoms with Crippen molar-refractivity contribution in [2.24, 2.45) is 0 Å². The molecule has 0 spiro atoms. The van der Waals surface area contributed by atoms with Gasteiger partial charge in [0.15, 0.2) is 0 Å².